The number of nitrogens with zero attached hydrogens (tertiary/aromatic N) is 2. The lowest BCUT2D eigenvalue weighted by Crippen LogP contribution is -2.50. The van der Waals surface area contributed by atoms with Crippen LogP contribution in [-0.2, 0) is 4.79 Å². The summed E-state index contributed by atoms with van der Waals surface area (Å²) in [7, 11) is 0. The second kappa shape index (κ2) is 9.60. The summed E-state index contributed by atoms with van der Waals surface area (Å²) in [4.78, 5) is 28.5. The molecule has 0 spiro atoms. The number of halogens is 1. The van der Waals surface area contributed by atoms with E-state index in [0.717, 1.165) is 5.75 Å². The summed E-state index contributed by atoms with van der Waals surface area (Å²) in [5.74, 6) is 0.925. The zero-order valence-electron chi connectivity index (χ0n) is 16.1. The maximum atomic E-state index is 12.5. The summed E-state index contributed by atoms with van der Waals surface area (Å²) in [6.07, 6.45) is 1.13. The van der Waals surface area contributed by atoms with Crippen molar-refractivity contribution in [3.05, 3.63) is 64.7 Å². The Hall–Kier alpha value is -2.53. The van der Waals surface area contributed by atoms with Gasteiger partial charge in [0.05, 0.1) is 6.61 Å². The van der Waals surface area contributed by atoms with Gasteiger partial charge in [-0.2, -0.15) is 0 Å². The van der Waals surface area contributed by atoms with Gasteiger partial charge in [-0.3, -0.25) is 9.59 Å². The molecule has 2 amide bonds. The molecule has 0 saturated carbocycles. The molecule has 6 heteroatoms. The maximum Gasteiger partial charge on any atom is 0.253 e. The van der Waals surface area contributed by atoms with Crippen molar-refractivity contribution >= 4 is 23.4 Å². The summed E-state index contributed by atoms with van der Waals surface area (Å²) < 4.78 is 5.67. The van der Waals surface area contributed by atoms with Crippen molar-refractivity contribution in [2.24, 2.45) is 0 Å². The Morgan fingerprint density at radius 2 is 1.54 bits per heavy atom. The number of ether oxygens (including phenoxy) is 1. The van der Waals surface area contributed by atoms with Crippen LogP contribution < -0.4 is 4.74 Å². The molecular weight excluding hydrogens is 376 g/mol. The minimum absolute atomic E-state index is 0.0183. The van der Waals surface area contributed by atoms with Crippen molar-refractivity contribution in [1.82, 2.24) is 9.80 Å². The summed E-state index contributed by atoms with van der Waals surface area (Å²) in [5.41, 5.74) is 1.81. The molecule has 2 aromatic rings. The zero-order valence-corrected chi connectivity index (χ0v) is 16.8. The lowest BCUT2D eigenvalue weighted by atomic mass is 10.1. The Balaban J connectivity index is 1.38. The second-order valence-corrected chi connectivity index (χ2v) is 7.38. The molecule has 28 heavy (non-hydrogen) atoms. The number of carbonyl (C=O) groups excluding carboxylic acids is 2. The van der Waals surface area contributed by atoms with E-state index in [0.29, 0.717) is 56.2 Å². The van der Waals surface area contributed by atoms with Gasteiger partial charge in [-0.1, -0.05) is 29.3 Å². The molecule has 0 aliphatic carbocycles. The SMILES string of the molecule is Cc1ccc(OCCCC(=O)N2CCN(C(=O)c3ccc(Cl)cc3)CC2)cc1. The number of rotatable bonds is 6. The molecule has 1 saturated heterocycles. The first-order chi connectivity index (χ1) is 13.5. The van der Waals surface area contributed by atoms with Crippen LogP contribution in [0.15, 0.2) is 48.5 Å². The smallest absolute Gasteiger partial charge is 0.253 e. The molecule has 1 aliphatic heterocycles. The second-order valence-electron chi connectivity index (χ2n) is 6.94. The fourth-order valence-corrected chi connectivity index (χ4v) is 3.27. The van der Waals surface area contributed by atoms with E-state index >= 15 is 0 Å². The average Bonchev–Trinajstić information content (AvgIpc) is 2.72. The molecule has 0 atom stereocenters. The van der Waals surface area contributed by atoms with Gasteiger partial charge in [-0.25, -0.2) is 0 Å². The Kier molecular flexibility index (Phi) is 6.93. The normalized spacial score (nSPS) is 14.1. The van der Waals surface area contributed by atoms with Crippen LogP contribution in [0.25, 0.3) is 0 Å². The van der Waals surface area contributed by atoms with Gasteiger partial charge in [0.15, 0.2) is 0 Å². The lowest BCUT2D eigenvalue weighted by molar-refractivity contribution is -0.132. The topological polar surface area (TPSA) is 49.9 Å². The van der Waals surface area contributed by atoms with E-state index in [1.54, 1.807) is 29.2 Å². The molecule has 148 valence electrons. The molecule has 2 aromatic carbocycles. The highest BCUT2D eigenvalue weighted by Gasteiger charge is 2.24. The number of carbonyl (C=O) groups is 2. The van der Waals surface area contributed by atoms with Gasteiger partial charge >= 0.3 is 0 Å². The van der Waals surface area contributed by atoms with Gasteiger partial charge in [0.2, 0.25) is 5.91 Å². The van der Waals surface area contributed by atoms with Crippen LogP contribution in [-0.4, -0.2) is 54.4 Å². The highest BCUT2D eigenvalue weighted by molar-refractivity contribution is 6.30. The van der Waals surface area contributed by atoms with Gasteiger partial charge in [0, 0.05) is 43.2 Å². The number of benzene rings is 2. The first-order valence-electron chi connectivity index (χ1n) is 9.55. The van der Waals surface area contributed by atoms with Gasteiger partial charge in [-0.05, 0) is 49.7 Å². The van der Waals surface area contributed by atoms with E-state index < -0.39 is 0 Å². The molecule has 0 N–H and O–H groups in total. The van der Waals surface area contributed by atoms with Crippen LogP contribution in [0.2, 0.25) is 5.02 Å². The van der Waals surface area contributed by atoms with Crippen LogP contribution in [0.3, 0.4) is 0 Å². The summed E-state index contributed by atoms with van der Waals surface area (Å²) >= 11 is 5.87. The molecule has 1 aliphatic rings. The third-order valence-electron chi connectivity index (χ3n) is 4.84. The lowest BCUT2D eigenvalue weighted by Gasteiger charge is -2.35. The zero-order chi connectivity index (χ0) is 19.9. The third-order valence-corrected chi connectivity index (χ3v) is 5.09. The molecule has 0 aromatic heterocycles. The highest BCUT2D eigenvalue weighted by atomic mass is 35.5. The predicted octanol–water partition coefficient (Wildman–Crippen LogP) is 3.79. The minimum Gasteiger partial charge on any atom is -0.494 e. The first kappa shape index (κ1) is 20.2. The van der Waals surface area contributed by atoms with Gasteiger partial charge in [0.1, 0.15) is 5.75 Å². The highest BCUT2D eigenvalue weighted by Crippen LogP contribution is 2.14. The van der Waals surface area contributed by atoms with Crippen molar-refractivity contribution in [1.29, 1.82) is 0 Å². The van der Waals surface area contributed by atoms with E-state index in [2.05, 4.69) is 0 Å². The Bertz CT molecular complexity index is 798. The van der Waals surface area contributed by atoms with Crippen molar-refractivity contribution in [2.45, 2.75) is 19.8 Å². The summed E-state index contributed by atoms with van der Waals surface area (Å²) in [6.45, 7) is 4.78. The van der Waals surface area contributed by atoms with Crippen LogP contribution in [0.1, 0.15) is 28.8 Å². The number of amides is 2. The standard InChI is InChI=1S/C22H25ClN2O3/c1-17-4-10-20(11-5-17)28-16-2-3-21(26)24-12-14-25(15-13-24)22(27)18-6-8-19(23)9-7-18/h4-11H,2-3,12-16H2,1H3. The van der Waals surface area contributed by atoms with Crippen LogP contribution in [0.5, 0.6) is 5.75 Å². The number of hydrogen-bond acceptors (Lipinski definition) is 3. The van der Waals surface area contributed by atoms with E-state index in [-0.39, 0.29) is 11.8 Å². The predicted molar refractivity (Wildman–Crippen MR) is 110 cm³/mol. The fourth-order valence-electron chi connectivity index (χ4n) is 3.14. The van der Waals surface area contributed by atoms with E-state index in [1.807, 2.05) is 36.1 Å². The maximum absolute atomic E-state index is 12.5. The van der Waals surface area contributed by atoms with Crippen molar-refractivity contribution < 1.29 is 14.3 Å². The van der Waals surface area contributed by atoms with Crippen LogP contribution >= 0.6 is 11.6 Å². The van der Waals surface area contributed by atoms with Crippen molar-refractivity contribution in [3.8, 4) is 5.75 Å². The molecule has 5 nitrogen and oxygen atoms in total. The van der Waals surface area contributed by atoms with E-state index in [1.165, 1.54) is 5.56 Å². The quantitative estimate of drug-likeness (QED) is 0.693. The minimum atomic E-state index is -0.0183. The third kappa shape index (κ3) is 5.49. The molecule has 1 heterocycles. The molecule has 3 rings (SSSR count). The molecule has 1 fully saturated rings. The van der Waals surface area contributed by atoms with Crippen LogP contribution in [0, 0.1) is 6.92 Å². The molecule has 0 unspecified atom stereocenters. The number of aryl methyl sites for hydroxylation is 1. The molecule has 0 radical (unpaired) electrons. The largest absolute Gasteiger partial charge is 0.494 e. The molecule has 0 bridgehead atoms. The van der Waals surface area contributed by atoms with Gasteiger partial charge in [0.25, 0.3) is 5.91 Å². The van der Waals surface area contributed by atoms with Gasteiger partial charge in [-0.15, -0.1) is 0 Å². The summed E-state index contributed by atoms with van der Waals surface area (Å²) in [5, 5.41) is 0.610. The average molecular weight is 401 g/mol. The van der Waals surface area contributed by atoms with Crippen LogP contribution in [0.4, 0.5) is 0 Å². The molecular formula is C22H25ClN2O3. The Morgan fingerprint density at radius 3 is 2.18 bits per heavy atom. The Morgan fingerprint density at radius 1 is 0.929 bits per heavy atom. The van der Waals surface area contributed by atoms with Crippen molar-refractivity contribution in [3.63, 3.8) is 0 Å². The summed E-state index contributed by atoms with van der Waals surface area (Å²) in [6, 6.07) is 14.8. The fraction of sp³-hybridized carbons (Fsp3) is 0.364. The number of hydrogen-bond donors (Lipinski definition) is 0. The van der Waals surface area contributed by atoms with E-state index in [4.69, 9.17) is 16.3 Å². The number of piperazine rings is 1. The monoisotopic (exact) mass is 400 g/mol. The Labute approximate surface area is 170 Å². The van der Waals surface area contributed by atoms with Gasteiger partial charge < -0.3 is 14.5 Å². The van der Waals surface area contributed by atoms with E-state index in [9.17, 15) is 9.59 Å². The van der Waals surface area contributed by atoms with Crippen molar-refractivity contribution in [2.75, 3.05) is 32.8 Å². The first-order valence-corrected chi connectivity index (χ1v) is 9.93.